The number of rotatable bonds is 4. The molecule has 2 aliphatic rings. The molecule has 0 unspecified atom stereocenters. The maximum atomic E-state index is 13.0. The lowest BCUT2D eigenvalue weighted by Crippen LogP contribution is -2.36. The van der Waals surface area contributed by atoms with E-state index >= 15 is 0 Å². The SMILES string of the molecule is Cc1nc(C(=O)Nc2ccccc2N2CCOCC2)cc(N2CCCCCC2)n1. The quantitative estimate of drug-likeness (QED) is 0.857. The number of aromatic nitrogens is 2. The maximum absolute atomic E-state index is 13.0. The van der Waals surface area contributed by atoms with Crippen LogP contribution in [-0.2, 0) is 4.74 Å². The number of ether oxygens (including phenoxy) is 1. The van der Waals surface area contributed by atoms with E-state index in [0.29, 0.717) is 24.7 Å². The average Bonchev–Trinajstić information content (AvgIpc) is 3.04. The van der Waals surface area contributed by atoms with E-state index in [0.717, 1.165) is 56.2 Å². The molecule has 2 aromatic rings. The number of aryl methyl sites for hydroxylation is 1. The Labute approximate surface area is 172 Å². The van der Waals surface area contributed by atoms with E-state index in [9.17, 15) is 4.79 Å². The monoisotopic (exact) mass is 395 g/mol. The van der Waals surface area contributed by atoms with Gasteiger partial charge in [-0.05, 0) is 31.9 Å². The molecule has 1 amide bonds. The van der Waals surface area contributed by atoms with Crippen LogP contribution in [0.5, 0.6) is 0 Å². The van der Waals surface area contributed by atoms with Crippen LogP contribution in [0, 0.1) is 6.92 Å². The van der Waals surface area contributed by atoms with Crippen LogP contribution >= 0.6 is 0 Å². The highest BCUT2D eigenvalue weighted by atomic mass is 16.5. The van der Waals surface area contributed by atoms with Gasteiger partial charge < -0.3 is 19.9 Å². The highest BCUT2D eigenvalue weighted by Gasteiger charge is 2.19. The molecular formula is C22H29N5O2. The van der Waals surface area contributed by atoms with Gasteiger partial charge in [0.1, 0.15) is 17.3 Å². The van der Waals surface area contributed by atoms with Crippen molar-refractivity contribution in [3.63, 3.8) is 0 Å². The molecule has 0 saturated carbocycles. The predicted octanol–water partition coefficient (Wildman–Crippen LogP) is 3.25. The van der Waals surface area contributed by atoms with Gasteiger partial charge in [0.15, 0.2) is 0 Å². The van der Waals surface area contributed by atoms with Crippen LogP contribution in [0.2, 0.25) is 0 Å². The van der Waals surface area contributed by atoms with Crippen molar-refractivity contribution in [2.24, 2.45) is 0 Å². The Bertz CT molecular complexity index is 843. The fraction of sp³-hybridized carbons (Fsp3) is 0.500. The summed E-state index contributed by atoms with van der Waals surface area (Å²) in [5.41, 5.74) is 2.23. The summed E-state index contributed by atoms with van der Waals surface area (Å²) in [5.74, 6) is 1.27. The Morgan fingerprint density at radius 3 is 2.45 bits per heavy atom. The molecule has 29 heavy (non-hydrogen) atoms. The van der Waals surface area contributed by atoms with Crippen molar-refractivity contribution in [3.05, 3.63) is 41.9 Å². The third kappa shape index (κ3) is 4.85. The van der Waals surface area contributed by atoms with Gasteiger partial charge in [0.2, 0.25) is 0 Å². The minimum Gasteiger partial charge on any atom is -0.378 e. The summed E-state index contributed by atoms with van der Waals surface area (Å²) in [7, 11) is 0. The Kier molecular flexibility index (Phi) is 6.24. The number of hydrogen-bond donors (Lipinski definition) is 1. The summed E-state index contributed by atoms with van der Waals surface area (Å²) in [4.78, 5) is 26.6. The summed E-state index contributed by atoms with van der Waals surface area (Å²) in [6, 6.07) is 9.73. The highest BCUT2D eigenvalue weighted by Crippen LogP contribution is 2.27. The van der Waals surface area contributed by atoms with Gasteiger partial charge in [-0.15, -0.1) is 0 Å². The number of anilines is 3. The Morgan fingerprint density at radius 1 is 0.966 bits per heavy atom. The molecule has 0 bridgehead atoms. The molecule has 0 spiro atoms. The molecule has 3 heterocycles. The highest BCUT2D eigenvalue weighted by molar-refractivity contribution is 6.05. The van der Waals surface area contributed by atoms with E-state index in [1.165, 1.54) is 12.8 Å². The van der Waals surface area contributed by atoms with Gasteiger partial charge in [-0.3, -0.25) is 4.79 Å². The Morgan fingerprint density at radius 2 is 1.69 bits per heavy atom. The molecule has 2 fully saturated rings. The smallest absolute Gasteiger partial charge is 0.274 e. The van der Waals surface area contributed by atoms with Gasteiger partial charge >= 0.3 is 0 Å². The lowest BCUT2D eigenvalue weighted by Gasteiger charge is -2.30. The minimum atomic E-state index is -0.202. The first-order valence-corrected chi connectivity index (χ1v) is 10.5. The first-order chi connectivity index (χ1) is 14.2. The van der Waals surface area contributed by atoms with Crippen LogP contribution in [0.1, 0.15) is 42.0 Å². The first-order valence-electron chi connectivity index (χ1n) is 10.5. The summed E-state index contributed by atoms with van der Waals surface area (Å²) < 4.78 is 5.45. The van der Waals surface area contributed by atoms with E-state index in [2.05, 4.69) is 25.1 Å². The maximum Gasteiger partial charge on any atom is 0.274 e. The first kappa shape index (κ1) is 19.6. The molecule has 7 heteroatoms. The normalized spacial score (nSPS) is 17.7. The van der Waals surface area contributed by atoms with Crippen LogP contribution in [-0.4, -0.2) is 55.3 Å². The van der Waals surface area contributed by atoms with E-state index < -0.39 is 0 Å². The van der Waals surface area contributed by atoms with Crippen LogP contribution < -0.4 is 15.1 Å². The molecule has 7 nitrogen and oxygen atoms in total. The molecule has 4 rings (SSSR count). The molecule has 0 aliphatic carbocycles. The van der Waals surface area contributed by atoms with Crippen molar-refractivity contribution in [1.82, 2.24) is 9.97 Å². The lowest BCUT2D eigenvalue weighted by molar-refractivity contribution is 0.102. The second kappa shape index (κ2) is 9.22. The zero-order valence-electron chi connectivity index (χ0n) is 17.1. The molecule has 1 aromatic heterocycles. The number of para-hydroxylation sites is 2. The third-order valence-corrected chi connectivity index (χ3v) is 5.49. The Hall–Kier alpha value is -2.67. The number of hydrogen-bond acceptors (Lipinski definition) is 6. The van der Waals surface area contributed by atoms with E-state index in [1.807, 2.05) is 37.3 Å². The van der Waals surface area contributed by atoms with Crippen LogP contribution in [0.3, 0.4) is 0 Å². The van der Waals surface area contributed by atoms with Crippen molar-refractivity contribution < 1.29 is 9.53 Å². The minimum absolute atomic E-state index is 0.202. The molecule has 2 saturated heterocycles. The van der Waals surface area contributed by atoms with E-state index in [4.69, 9.17) is 4.74 Å². The number of carbonyl (C=O) groups excluding carboxylic acids is 1. The molecule has 2 aliphatic heterocycles. The summed E-state index contributed by atoms with van der Waals surface area (Å²) in [5, 5.41) is 3.06. The third-order valence-electron chi connectivity index (χ3n) is 5.49. The number of benzene rings is 1. The van der Waals surface area contributed by atoms with Gasteiger partial charge in [0.05, 0.1) is 24.6 Å². The second-order valence-electron chi connectivity index (χ2n) is 7.63. The van der Waals surface area contributed by atoms with E-state index in [-0.39, 0.29) is 5.91 Å². The van der Waals surface area contributed by atoms with Crippen molar-refractivity contribution in [1.29, 1.82) is 0 Å². The molecule has 154 valence electrons. The van der Waals surface area contributed by atoms with Crippen molar-refractivity contribution >= 4 is 23.1 Å². The topological polar surface area (TPSA) is 70.6 Å². The number of nitrogens with zero attached hydrogens (tertiary/aromatic N) is 4. The Balaban J connectivity index is 1.54. The van der Waals surface area contributed by atoms with Gasteiger partial charge in [-0.1, -0.05) is 25.0 Å². The van der Waals surface area contributed by atoms with Gasteiger partial charge in [-0.25, -0.2) is 9.97 Å². The lowest BCUT2D eigenvalue weighted by atomic mass is 10.2. The van der Waals surface area contributed by atoms with Crippen LogP contribution in [0.25, 0.3) is 0 Å². The van der Waals surface area contributed by atoms with Crippen molar-refractivity contribution in [3.8, 4) is 0 Å². The van der Waals surface area contributed by atoms with Crippen LogP contribution in [0.15, 0.2) is 30.3 Å². The van der Waals surface area contributed by atoms with E-state index in [1.54, 1.807) is 0 Å². The summed E-state index contributed by atoms with van der Waals surface area (Å²) in [6.45, 7) is 6.85. The number of nitrogens with one attached hydrogen (secondary N) is 1. The standard InChI is InChI=1S/C22H29N5O2/c1-17-23-19(16-21(24-17)27-10-6-2-3-7-11-27)22(28)25-18-8-4-5-9-20(18)26-12-14-29-15-13-26/h4-5,8-9,16H,2-3,6-7,10-15H2,1H3,(H,25,28). The molecule has 1 aromatic carbocycles. The van der Waals surface area contributed by atoms with Gasteiger partial charge in [0, 0.05) is 32.2 Å². The fourth-order valence-electron chi connectivity index (χ4n) is 3.98. The zero-order valence-corrected chi connectivity index (χ0v) is 17.1. The molecule has 0 radical (unpaired) electrons. The second-order valence-corrected chi connectivity index (χ2v) is 7.63. The number of morpholine rings is 1. The number of amides is 1. The zero-order chi connectivity index (χ0) is 20.1. The van der Waals surface area contributed by atoms with Crippen LogP contribution in [0.4, 0.5) is 17.2 Å². The largest absolute Gasteiger partial charge is 0.378 e. The van der Waals surface area contributed by atoms with Crippen molar-refractivity contribution in [2.75, 3.05) is 54.5 Å². The molecule has 0 atom stereocenters. The van der Waals surface area contributed by atoms with Gasteiger partial charge in [-0.2, -0.15) is 0 Å². The average molecular weight is 396 g/mol. The summed E-state index contributed by atoms with van der Waals surface area (Å²) >= 11 is 0. The predicted molar refractivity (Wildman–Crippen MR) is 115 cm³/mol. The molecular weight excluding hydrogens is 366 g/mol. The van der Waals surface area contributed by atoms with Gasteiger partial charge in [0.25, 0.3) is 5.91 Å². The van der Waals surface area contributed by atoms with Crippen molar-refractivity contribution in [2.45, 2.75) is 32.6 Å². The molecule has 1 N–H and O–H groups in total. The summed E-state index contributed by atoms with van der Waals surface area (Å²) in [6.07, 6.45) is 4.84. The number of carbonyl (C=O) groups is 1. The fourth-order valence-corrected chi connectivity index (χ4v) is 3.98.